The summed E-state index contributed by atoms with van der Waals surface area (Å²) in [5.74, 6) is 2.87. The third kappa shape index (κ3) is 4.04. The molecule has 3 rings (SSSR count). The van der Waals surface area contributed by atoms with Gasteiger partial charge in [0.1, 0.15) is 0 Å². The number of hydrogen-bond acceptors (Lipinski definition) is 3. The van der Waals surface area contributed by atoms with Crippen molar-refractivity contribution in [3.05, 3.63) is 22.7 Å². The Morgan fingerprint density at radius 2 is 2.10 bits per heavy atom. The van der Waals surface area contributed by atoms with Gasteiger partial charge < -0.3 is 14.8 Å². The van der Waals surface area contributed by atoms with Gasteiger partial charge in [-0.05, 0) is 74.7 Å². The molecule has 0 bridgehead atoms. The monoisotopic (exact) mass is 309 g/mol. The molecule has 0 spiro atoms. The number of ether oxygens (including phenoxy) is 2. The summed E-state index contributed by atoms with van der Waals surface area (Å²) in [5.41, 5.74) is 1.24. The number of benzene rings is 1. The maximum absolute atomic E-state index is 6.41. The van der Waals surface area contributed by atoms with E-state index in [0.717, 1.165) is 31.9 Å². The number of nitrogens with one attached hydrogen (secondary N) is 1. The molecule has 3 nitrogen and oxygen atoms in total. The molecule has 1 unspecified atom stereocenters. The molecule has 1 saturated heterocycles. The molecule has 0 radical (unpaired) electrons. The van der Waals surface area contributed by atoms with E-state index < -0.39 is 0 Å². The fourth-order valence-corrected chi connectivity index (χ4v) is 3.24. The molecule has 116 valence electrons. The zero-order chi connectivity index (χ0) is 14.7. The Balaban J connectivity index is 1.70. The number of hydrogen-bond donors (Lipinski definition) is 1. The second-order valence-corrected chi connectivity index (χ2v) is 6.69. The van der Waals surface area contributed by atoms with E-state index in [1.165, 1.54) is 31.2 Å². The summed E-state index contributed by atoms with van der Waals surface area (Å²) in [6.45, 7) is 3.00. The quantitative estimate of drug-likeness (QED) is 0.869. The minimum Gasteiger partial charge on any atom is -0.493 e. The van der Waals surface area contributed by atoms with Crippen LogP contribution < -0.4 is 14.8 Å². The Morgan fingerprint density at radius 1 is 1.24 bits per heavy atom. The first-order chi connectivity index (χ1) is 10.3. The smallest absolute Gasteiger partial charge is 0.179 e. The Morgan fingerprint density at radius 3 is 2.76 bits per heavy atom. The van der Waals surface area contributed by atoms with Gasteiger partial charge in [0.2, 0.25) is 0 Å². The summed E-state index contributed by atoms with van der Waals surface area (Å²) >= 11 is 6.41. The van der Waals surface area contributed by atoms with Crippen LogP contribution in [0, 0.1) is 11.8 Å². The van der Waals surface area contributed by atoms with Crippen LogP contribution in [-0.2, 0) is 6.42 Å². The second-order valence-electron chi connectivity index (χ2n) is 6.28. The summed E-state index contributed by atoms with van der Waals surface area (Å²) in [6.07, 6.45) is 6.14. The maximum atomic E-state index is 6.41. The van der Waals surface area contributed by atoms with E-state index in [9.17, 15) is 0 Å². The Kier molecular flexibility index (Phi) is 4.91. The predicted molar refractivity (Wildman–Crippen MR) is 85.5 cm³/mol. The van der Waals surface area contributed by atoms with Crippen LogP contribution in [0.5, 0.6) is 11.5 Å². The van der Waals surface area contributed by atoms with Crippen LogP contribution in [0.4, 0.5) is 0 Å². The van der Waals surface area contributed by atoms with Gasteiger partial charge >= 0.3 is 0 Å². The van der Waals surface area contributed by atoms with Crippen LogP contribution in [0.15, 0.2) is 12.1 Å². The van der Waals surface area contributed by atoms with Gasteiger partial charge in [0.15, 0.2) is 11.5 Å². The summed E-state index contributed by atoms with van der Waals surface area (Å²) in [7, 11) is 1.68. The summed E-state index contributed by atoms with van der Waals surface area (Å²) in [4.78, 5) is 0. The fourth-order valence-electron chi connectivity index (χ4n) is 2.95. The maximum Gasteiger partial charge on any atom is 0.179 e. The van der Waals surface area contributed by atoms with Gasteiger partial charge in [-0.25, -0.2) is 0 Å². The first-order valence-corrected chi connectivity index (χ1v) is 8.34. The molecule has 4 heteroatoms. The fraction of sp³-hybridized carbons (Fsp3) is 0.647. The number of methoxy groups -OCH3 is 1. The van der Waals surface area contributed by atoms with Crippen LogP contribution in [0.2, 0.25) is 5.02 Å². The van der Waals surface area contributed by atoms with Crippen LogP contribution in [-0.4, -0.2) is 26.8 Å². The second kappa shape index (κ2) is 6.89. The molecule has 21 heavy (non-hydrogen) atoms. The molecule has 1 atom stereocenters. The lowest BCUT2D eigenvalue weighted by atomic mass is 9.92. The van der Waals surface area contributed by atoms with Crippen LogP contribution in [0.1, 0.15) is 31.2 Å². The van der Waals surface area contributed by atoms with E-state index in [0.29, 0.717) is 22.6 Å². The van der Waals surface area contributed by atoms with E-state index in [2.05, 4.69) is 11.4 Å². The summed E-state index contributed by atoms with van der Waals surface area (Å²) in [6, 6.07) is 4.13. The zero-order valence-corrected chi connectivity index (χ0v) is 13.4. The van der Waals surface area contributed by atoms with Crippen molar-refractivity contribution in [3.63, 3.8) is 0 Å². The van der Waals surface area contributed by atoms with E-state index in [4.69, 9.17) is 21.1 Å². The topological polar surface area (TPSA) is 30.5 Å². The predicted octanol–water partition coefficient (Wildman–Crippen LogP) is 3.68. The zero-order valence-electron chi connectivity index (χ0n) is 12.7. The molecule has 2 fully saturated rings. The van der Waals surface area contributed by atoms with Crippen LogP contribution in [0.25, 0.3) is 0 Å². The van der Waals surface area contributed by atoms with Crippen molar-refractivity contribution in [3.8, 4) is 11.5 Å². The van der Waals surface area contributed by atoms with E-state index in [1.54, 1.807) is 7.11 Å². The van der Waals surface area contributed by atoms with Gasteiger partial charge in [-0.2, -0.15) is 0 Å². The number of halogens is 1. The highest BCUT2D eigenvalue weighted by molar-refractivity contribution is 6.32. The Hall–Kier alpha value is -0.930. The Bertz CT molecular complexity index is 482. The molecule has 1 heterocycles. The highest BCUT2D eigenvalue weighted by Gasteiger charge is 2.24. The van der Waals surface area contributed by atoms with Gasteiger partial charge in [0.05, 0.1) is 18.7 Å². The average Bonchev–Trinajstić information content (AvgIpc) is 3.31. The third-order valence-electron chi connectivity index (χ3n) is 4.37. The molecule has 1 aromatic carbocycles. The molecule has 0 amide bonds. The van der Waals surface area contributed by atoms with E-state index >= 15 is 0 Å². The van der Waals surface area contributed by atoms with Gasteiger partial charge in [0.25, 0.3) is 0 Å². The average molecular weight is 310 g/mol. The molecule has 0 aromatic heterocycles. The molecule has 1 aliphatic carbocycles. The van der Waals surface area contributed by atoms with Gasteiger partial charge in [-0.1, -0.05) is 11.6 Å². The van der Waals surface area contributed by atoms with Crippen molar-refractivity contribution < 1.29 is 9.47 Å². The lowest BCUT2D eigenvalue weighted by molar-refractivity contribution is 0.280. The molecule has 1 saturated carbocycles. The SMILES string of the molecule is COc1cc(CC2CCCNC2)cc(Cl)c1OCC1CC1. The molecular formula is C17H24ClNO2. The molecule has 1 aliphatic heterocycles. The van der Waals surface area contributed by atoms with Crippen LogP contribution >= 0.6 is 11.6 Å². The highest BCUT2D eigenvalue weighted by Crippen LogP contribution is 2.39. The molecule has 1 aromatic rings. The van der Waals surface area contributed by atoms with Crippen LogP contribution in [0.3, 0.4) is 0 Å². The van der Waals surface area contributed by atoms with Crippen molar-refractivity contribution in [2.45, 2.75) is 32.1 Å². The third-order valence-corrected chi connectivity index (χ3v) is 4.65. The lowest BCUT2D eigenvalue weighted by Crippen LogP contribution is -2.30. The molecular weight excluding hydrogens is 286 g/mol. The minimum absolute atomic E-state index is 0.675. The highest BCUT2D eigenvalue weighted by atomic mass is 35.5. The van der Waals surface area contributed by atoms with Gasteiger partial charge in [-0.3, -0.25) is 0 Å². The number of rotatable bonds is 6. The standard InChI is InChI=1S/C17H24ClNO2/c1-20-16-9-14(7-13-3-2-6-19-10-13)8-15(18)17(16)21-11-12-4-5-12/h8-9,12-13,19H,2-7,10-11H2,1H3. The minimum atomic E-state index is 0.675. The van der Waals surface area contributed by atoms with Crippen molar-refractivity contribution in [1.29, 1.82) is 0 Å². The largest absolute Gasteiger partial charge is 0.493 e. The summed E-state index contributed by atoms with van der Waals surface area (Å²) < 4.78 is 11.3. The molecule has 1 N–H and O–H groups in total. The number of piperidine rings is 1. The van der Waals surface area contributed by atoms with Crippen molar-refractivity contribution in [2.24, 2.45) is 11.8 Å². The lowest BCUT2D eigenvalue weighted by Gasteiger charge is -2.23. The van der Waals surface area contributed by atoms with Gasteiger partial charge in [0, 0.05) is 0 Å². The van der Waals surface area contributed by atoms with Crippen molar-refractivity contribution in [1.82, 2.24) is 5.32 Å². The normalized spacial score (nSPS) is 22.1. The first-order valence-electron chi connectivity index (χ1n) is 7.96. The van der Waals surface area contributed by atoms with Crippen molar-refractivity contribution in [2.75, 3.05) is 26.8 Å². The van der Waals surface area contributed by atoms with Crippen molar-refractivity contribution >= 4 is 11.6 Å². The van der Waals surface area contributed by atoms with E-state index in [1.807, 2.05) is 6.07 Å². The molecule has 2 aliphatic rings. The Labute approximate surface area is 132 Å². The van der Waals surface area contributed by atoms with Gasteiger partial charge in [-0.15, -0.1) is 0 Å². The van der Waals surface area contributed by atoms with E-state index in [-0.39, 0.29) is 0 Å². The first kappa shape index (κ1) is 15.0. The summed E-state index contributed by atoms with van der Waals surface area (Å²) in [5, 5.41) is 4.14.